The summed E-state index contributed by atoms with van der Waals surface area (Å²) in [5.74, 6) is 0.0350. The smallest absolute Gasteiger partial charge is 0.282 e. The average Bonchev–Trinajstić information content (AvgIpc) is 3.04. The molecule has 0 saturated carbocycles. The van der Waals surface area contributed by atoms with Crippen LogP contribution in [0.5, 0.6) is 5.75 Å². The van der Waals surface area contributed by atoms with Crippen molar-refractivity contribution in [3.63, 3.8) is 0 Å². The molecule has 0 aliphatic carbocycles. The van der Waals surface area contributed by atoms with E-state index in [9.17, 15) is 9.59 Å². The number of carbonyl (C=O) groups excluding carboxylic acids is 2. The van der Waals surface area contributed by atoms with Crippen LogP contribution in [0.2, 0.25) is 5.02 Å². The molecule has 3 aromatic carbocycles. The number of imide groups is 1. The largest absolute Gasteiger partial charge is 0.496 e. The molecule has 4 rings (SSSR count). The van der Waals surface area contributed by atoms with Crippen LogP contribution in [-0.4, -0.2) is 18.9 Å². The number of benzene rings is 3. The molecule has 6 heteroatoms. The monoisotopic (exact) mass is 446 g/mol. The van der Waals surface area contributed by atoms with Gasteiger partial charge in [-0.15, -0.1) is 0 Å². The minimum atomic E-state index is -0.439. The average molecular weight is 447 g/mol. The first-order chi connectivity index (χ1) is 15.4. The molecule has 0 radical (unpaired) electrons. The summed E-state index contributed by atoms with van der Waals surface area (Å²) in [6.45, 7) is 4.24. The number of amides is 2. The van der Waals surface area contributed by atoms with Crippen LogP contribution in [0.25, 0.3) is 5.57 Å². The molecule has 0 bridgehead atoms. The quantitative estimate of drug-likeness (QED) is 0.481. The van der Waals surface area contributed by atoms with Gasteiger partial charge in [0.1, 0.15) is 11.4 Å². The van der Waals surface area contributed by atoms with Crippen molar-refractivity contribution in [1.29, 1.82) is 0 Å². The fourth-order valence-electron chi connectivity index (χ4n) is 3.67. The third-order valence-electron chi connectivity index (χ3n) is 5.39. The second-order valence-electron chi connectivity index (χ2n) is 7.77. The normalized spacial score (nSPS) is 13.8. The lowest BCUT2D eigenvalue weighted by Crippen LogP contribution is -2.32. The maximum atomic E-state index is 13.5. The van der Waals surface area contributed by atoms with E-state index in [1.165, 1.54) is 12.7 Å². The molecular weight excluding hydrogens is 424 g/mol. The zero-order chi connectivity index (χ0) is 22.8. The molecule has 3 aromatic rings. The zero-order valence-corrected chi connectivity index (χ0v) is 18.8. The number of hydrogen-bond donors (Lipinski definition) is 1. The standard InChI is InChI=1S/C26H23ClN2O3/c1-16(2)17-8-12-19(13-9-17)28-24-23(21-6-4-5-7-22(21)32-3)25(30)29(26(24)31)20-14-10-18(27)11-15-20/h4-16,28H,1-3H3. The van der Waals surface area contributed by atoms with Gasteiger partial charge in [-0.2, -0.15) is 0 Å². The first-order valence-corrected chi connectivity index (χ1v) is 10.7. The van der Waals surface area contributed by atoms with E-state index < -0.39 is 11.8 Å². The van der Waals surface area contributed by atoms with Gasteiger partial charge in [-0.05, 0) is 53.9 Å². The number of nitrogens with zero attached hydrogens (tertiary/aromatic N) is 1. The Morgan fingerprint density at radius 2 is 1.53 bits per heavy atom. The maximum Gasteiger partial charge on any atom is 0.282 e. The fraction of sp³-hybridized carbons (Fsp3) is 0.154. The highest BCUT2D eigenvalue weighted by molar-refractivity contribution is 6.46. The van der Waals surface area contributed by atoms with E-state index in [1.54, 1.807) is 36.4 Å². The van der Waals surface area contributed by atoms with Crippen molar-refractivity contribution in [3.8, 4) is 5.75 Å². The van der Waals surface area contributed by atoms with E-state index in [4.69, 9.17) is 16.3 Å². The summed E-state index contributed by atoms with van der Waals surface area (Å²) in [5, 5.41) is 3.71. The SMILES string of the molecule is COc1ccccc1C1=C(Nc2ccc(C(C)C)cc2)C(=O)N(c2ccc(Cl)cc2)C1=O. The molecule has 0 saturated heterocycles. The molecule has 1 aliphatic heterocycles. The molecular formula is C26H23ClN2O3. The van der Waals surface area contributed by atoms with Gasteiger partial charge >= 0.3 is 0 Å². The van der Waals surface area contributed by atoms with Gasteiger partial charge in [0, 0.05) is 16.3 Å². The van der Waals surface area contributed by atoms with Gasteiger partial charge in [-0.3, -0.25) is 9.59 Å². The third-order valence-corrected chi connectivity index (χ3v) is 5.64. The summed E-state index contributed by atoms with van der Waals surface area (Å²) in [7, 11) is 1.54. The van der Waals surface area contributed by atoms with Crippen LogP contribution in [0.15, 0.2) is 78.5 Å². The Hall–Kier alpha value is -3.57. The van der Waals surface area contributed by atoms with E-state index in [0.717, 1.165) is 10.6 Å². The van der Waals surface area contributed by atoms with Crippen LogP contribution in [-0.2, 0) is 9.59 Å². The van der Waals surface area contributed by atoms with Crippen molar-refractivity contribution < 1.29 is 14.3 Å². The summed E-state index contributed by atoms with van der Waals surface area (Å²) in [4.78, 5) is 28.2. The summed E-state index contributed by atoms with van der Waals surface area (Å²) in [6, 6.07) is 21.6. The molecule has 0 atom stereocenters. The summed E-state index contributed by atoms with van der Waals surface area (Å²) < 4.78 is 5.48. The lowest BCUT2D eigenvalue weighted by atomic mass is 10.0. The minimum Gasteiger partial charge on any atom is -0.496 e. The van der Waals surface area contributed by atoms with Crippen molar-refractivity contribution in [2.24, 2.45) is 0 Å². The number of methoxy groups -OCH3 is 1. The minimum absolute atomic E-state index is 0.201. The topological polar surface area (TPSA) is 58.6 Å². The number of halogens is 1. The van der Waals surface area contributed by atoms with Crippen molar-refractivity contribution in [2.75, 3.05) is 17.3 Å². The van der Waals surface area contributed by atoms with Crippen LogP contribution in [0.4, 0.5) is 11.4 Å². The van der Waals surface area contributed by atoms with Gasteiger partial charge in [-0.25, -0.2) is 4.90 Å². The molecule has 0 fully saturated rings. The Kier molecular flexibility index (Phi) is 6.01. The predicted octanol–water partition coefficient (Wildman–Crippen LogP) is 5.87. The molecule has 5 nitrogen and oxygen atoms in total. The van der Waals surface area contributed by atoms with Crippen LogP contribution in [0.3, 0.4) is 0 Å². The van der Waals surface area contributed by atoms with Crippen molar-refractivity contribution in [1.82, 2.24) is 0 Å². The molecule has 162 valence electrons. The molecule has 1 aliphatic rings. The third kappa shape index (κ3) is 3.99. The lowest BCUT2D eigenvalue weighted by Gasteiger charge is -2.15. The Balaban J connectivity index is 1.81. The van der Waals surface area contributed by atoms with E-state index in [2.05, 4.69) is 19.2 Å². The van der Waals surface area contributed by atoms with Crippen LogP contribution in [0.1, 0.15) is 30.9 Å². The van der Waals surface area contributed by atoms with Gasteiger partial charge in [0.25, 0.3) is 11.8 Å². The first-order valence-electron chi connectivity index (χ1n) is 10.3. The van der Waals surface area contributed by atoms with E-state index in [0.29, 0.717) is 27.9 Å². The first kappa shape index (κ1) is 21.7. The van der Waals surface area contributed by atoms with Crippen molar-refractivity contribution in [3.05, 3.63) is 94.6 Å². The molecule has 1 N–H and O–H groups in total. The van der Waals surface area contributed by atoms with E-state index in [-0.39, 0.29) is 11.3 Å². The van der Waals surface area contributed by atoms with Crippen molar-refractivity contribution >= 4 is 40.4 Å². The van der Waals surface area contributed by atoms with Gasteiger partial charge in [0.2, 0.25) is 0 Å². The van der Waals surface area contributed by atoms with E-state index >= 15 is 0 Å². The summed E-state index contributed by atoms with van der Waals surface area (Å²) in [5.41, 5.74) is 3.36. The fourth-order valence-corrected chi connectivity index (χ4v) is 3.79. The Morgan fingerprint density at radius 3 is 2.16 bits per heavy atom. The number of anilines is 2. The molecule has 0 aromatic heterocycles. The maximum absolute atomic E-state index is 13.5. The zero-order valence-electron chi connectivity index (χ0n) is 18.1. The number of carbonyl (C=O) groups is 2. The molecule has 1 heterocycles. The predicted molar refractivity (Wildman–Crippen MR) is 128 cm³/mol. The Morgan fingerprint density at radius 1 is 0.875 bits per heavy atom. The van der Waals surface area contributed by atoms with Gasteiger partial charge in [-0.1, -0.05) is 55.8 Å². The van der Waals surface area contributed by atoms with E-state index in [1.807, 2.05) is 36.4 Å². The highest BCUT2D eigenvalue weighted by Gasteiger charge is 2.41. The van der Waals surface area contributed by atoms with Crippen LogP contribution < -0.4 is 15.0 Å². The number of para-hydroxylation sites is 1. The van der Waals surface area contributed by atoms with Gasteiger partial charge in [0.15, 0.2) is 0 Å². The Bertz CT molecular complexity index is 1200. The van der Waals surface area contributed by atoms with Crippen LogP contribution in [0, 0.1) is 0 Å². The molecule has 0 unspecified atom stereocenters. The highest BCUT2D eigenvalue weighted by atomic mass is 35.5. The number of hydrogen-bond acceptors (Lipinski definition) is 4. The van der Waals surface area contributed by atoms with Gasteiger partial charge in [0.05, 0.1) is 18.4 Å². The summed E-state index contributed by atoms with van der Waals surface area (Å²) in [6.07, 6.45) is 0. The highest BCUT2D eigenvalue weighted by Crippen LogP contribution is 2.37. The molecule has 0 spiro atoms. The number of rotatable bonds is 6. The Labute approximate surface area is 192 Å². The summed E-state index contributed by atoms with van der Waals surface area (Å²) >= 11 is 6.00. The second kappa shape index (κ2) is 8.89. The molecule has 32 heavy (non-hydrogen) atoms. The second-order valence-corrected chi connectivity index (χ2v) is 8.21. The lowest BCUT2D eigenvalue weighted by molar-refractivity contribution is -0.120. The molecule has 2 amide bonds. The van der Waals surface area contributed by atoms with Gasteiger partial charge < -0.3 is 10.1 Å². The van der Waals surface area contributed by atoms with Crippen molar-refractivity contribution in [2.45, 2.75) is 19.8 Å². The number of nitrogens with one attached hydrogen (secondary N) is 1. The van der Waals surface area contributed by atoms with Crippen LogP contribution >= 0.6 is 11.6 Å². The number of ether oxygens (including phenoxy) is 1.